The van der Waals surface area contributed by atoms with Crippen LogP contribution in [0.1, 0.15) is 54.6 Å². The van der Waals surface area contributed by atoms with Crippen molar-refractivity contribution >= 4 is 0 Å². The Morgan fingerprint density at radius 1 is 1.10 bits per heavy atom. The number of hydrogen-bond donors (Lipinski definition) is 1. The third-order valence-corrected chi connectivity index (χ3v) is 4.47. The molecule has 104 valence electrons. The Labute approximate surface area is 122 Å². The first-order chi connectivity index (χ1) is 9.78. The molecule has 1 aliphatic rings. The molecule has 1 aliphatic carbocycles. The Kier molecular flexibility index (Phi) is 3.88. The maximum absolute atomic E-state index is 3.79. The zero-order chi connectivity index (χ0) is 13.9. The van der Waals surface area contributed by atoms with Crippen molar-refractivity contribution in [3.05, 3.63) is 70.8 Å². The van der Waals surface area contributed by atoms with Crippen LogP contribution in [0.3, 0.4) is 0 Å². The van der Waals surface area contributed by atoms with E-state index in [1.54, 1.807) is 0 Å². The van der Waals surface area contributed by atoms with Crippen molar-refractivity contribution in [3.63, 3.8) is 0 Å². The Morgan fingerprint density at radius 2 is 1.85 bits per heavy atom. The van der Waals surface area contributed by atoms with Gasteiger partial charge in [0, 0.05) is 12.1 Å². The smallest absolute Gasteiger partial charge is 0.0331 e. The molecule has 0 aliphatic heterocycles. The average molecular weight is 265 g/mol. The van der Waals surface area contributed by atoms with Crippen molar-refractivity contribution in [3.8, 4) is 0 Å². The molecule has 0 spiro atoms. The van der Waals surface area contributed by atoms with Crippen LogP contribution in [-0.2, 0) is 12.8 Å². The molecule has 0 amide bonds. The fourth-order valence-electron chi connectivity index (χ4n) is 3.17. The summed E-state index contributed by atoms with van der Waals surface area (Å²) in [5.41, 5.74) is 5.79. The second-order valence-corrected chi connectivity index (χ2v) is 5.77. The molecule has 2 aromatic carbocycles. The zero-order valence-electron chi connectivity index (χ0n) is 12.4. The molecule has 0 aromatic heterocycles. The normalized spacial score (nSPS) is 18.8. The van der Waals surface area contributed by atoms with Crippen LogP contribution in [0.4, 0.5) is 0 Å². The van der Waals surface area contributed by atoms with Crippen LogP contribution in [0, 0.1) is 0 Å². The number of fused-ring (bicyclic) bond motifs is 1. The number of benzene rings is 2. The Morgan fingerprint density at radius 3 is 2.60 bits per heavy atom. The van der Waals surface area contributed by atoms with Gasteiger partial charge in [0.2, 0.25) is 0 Å². The van der Waals surface area contributed by atoms with Gasteiger partial charge in [-0.1, -0.05) is 55.5 Å². The first-order valence-corrected chi connectivity index (χ1v) is 7.70. The van der Waals surface area contributed by atoms with Crippen molar-refractivity contribution in [2.75, 3.05) is 0 Å². The molecule has 3 rings (SSSR count). The zero-order valence-corrected chi connectivity index (χ0v) is 12.4. The van der Waals surface area contributed by atoms with E-state index in [0.29, 0.717) is 12.1 Å². The highest BCUT2D eigenvalue weighted by Crippen LogP contribution is 2.32. The third-order valence-electron chi connectivity index (χ3n) is 4.47. The summed E-state index contributed by atoms with van der Waals surface area (Å²) in [6, 6.07) is 18.8. The van der Waals surface area contributed by atoms with Gasteiger partial charge in [0.15, 0.2) is 0 Å². The van der Waals surface area contributed by atoms with E-state index in [2.05, 4.69) is 67.7 Å². The molecule has 1 nitrogen and oxygen atoms in total. The molecule has 0 fully saturated rings. The maximum Gasteiger partial charge on any atom is 0.0331 e. The maximum atomic E-state index is 3.79. The minimum absolute atomic E-state index is 0.400. The van der Waals surface area contributed by atoms with Crippen LogP contribution in [0.5, 0.6) is 0 Å². The highest BCUT2D eigenvalue weighted by atomic mass is 14.9. The Hall–Kier alpha value is -1.60. The van der Waals surface area contributed by atoms with Crippen LogP contribution in [0.2, 0.25) is 0 Å². The van der Waals surface area contributed by atoms with Gasteiger partial charge in [-0.05, 0) is 48.4 Å². The average Bonchev–Trinajstić information content (AvgIpc) is 2.91. The predicted octanol–water partition coefficient (Wildman–Crippen LogP) is 4.59. The van der Waals surface area contributed by atoms with Crippen molar-refractivity contribution in [1.29, 1.82) is 0 Å². The van der Waals surface area contributed by atoms with Gasteiger partial charge >= 0.3 is 0 Å². The van der Waals surface area contributed by atoms with Gasteiger partial charge in [-0.25, -0.2) is 0 Å². The van der Waals surface area contributed by atoms with Gasteiger partial charge in [-0.2, -0.15) is 0 Å². The summed E-state index contributed by atoms with van der Waals surface area (Å²) in [6.45, 7) is 4.47. The summed E-state index contributed by atoms with van der Waals surface area (Å²) in [5, 5.41) is 3.79. The quantitative estimate of drug-likeness (QED) is 0.852. The Bertz CT molecular complexity index is 571. The first kappa shape index (κ1) is 13.4. The van der Waals surface area contributed by atoms with Gasteiger partial charge in [-0.15, -0.1) is 0 Å². The monoisotopic (exact) mass is 265 g/mol. The van der Waals surface area contributed by atoms with Crippen molar-refractivity contribution in [1.82, 2.24) is 5.32 Å². The number of hydrogen-bond acceptors (Lipinski definition) is 1. The Balaban J connectivity index is 1.71. The second-order valence-electron chi connectivity index (χ2n) is 5.77. The van der Waals surface area contributed by atoms with Gasteiger partial charge < -0.3 is 5.32 Å². The number of nitrogens with one attached hydrogen (secondary N) is 1. The lowest BCUT2D eigenvalue weighted by atomic mass is 10.0. The summed E-state index contributed by atoms with van der Waals surface area (Å²) in [5.74, 6) is 0. The molecule has 0 radical (unpaired) electrons. The van der Waals surface area contributed by atoms with Crippen molar-refractivity contribution in [2.45, 2.75) is 45.2 Å². The van der Waals surface area contributed by atoms with E-state index in [4.69, 9.17) is 0 Å². The lowest BCUT2D eigenvalue weighted by Crippen LogP contribution is -2.23. The van der Waals surface area contributed by atoms with Gasteiger partial charge in [0.25, 0.3) is 0 Å². The fourth-order valence-corrected chi connectivity index (χ4v) is 3.17. The number of rotatable bonds is 4. The van der Waals surface area contributed by atoms with Crippen molar-refractivity contribution in [2.24, 2.45) is 0 Å². The number of aryl methyl sites for hydroxylation is 2. The van der Waals surface area contributed by atoms with Crippen LogP contribution < -0.4 is 5.32 Å². The molecule has 0 heterocycles. The minimum atomic E-state index is 0.400. The predicted molar refractivity (Wildman–Crippen MR) is 84.9 cm³/mol. The fraction of sp³-hybridized carbons (Fsp3) is 0.368. The van der Waals surface area contributed by atoms with Gasteiger partial charge in [-0.3, -0.25) is 0 Å². The molecule has 0 saturated carbocycles. The molecule has 0 saturated heterocycles. The van der Waals surface area contributed by atoms with E-state index >= 15 is 0 Å². The van der Waals surface area contributed by atoms with Crippen LogP contribution in [0.25, 0.3) is 0 Å². The van der Waals surface area contributed by atoms with Gasteiger partial charge in [0.1, 0.15) is 0 Å². The molecule has 1 N–H and O–H groups in total. The molecule has 2 unspecified atom stereocenters. The van der Waals surface area contributed by atoms with Gasteiger partial charge in [0.05, 0.1) is 0 Å². The summed E-state index contributed by atoms with van der Waals surface area (Å²) >= 11 is 0. The van der Waals surface area contributed by atoms with E-state index in [9.17, 15) is 0 Å². The lowest BCUT2D eigenvalue weighted by molar-refractivity contribution is 0.465. The lowest BCUT2D eigenvalue weighted by Gasteiger charge is -2.21. The molecule has 2 aromatic rings. The van der Waals surface area contributed by atoms with Crippen molar-refractivity contribution < 1.29 is 0 Å². The minimum Gasteiger partial charge on any atom is -0.303 e. The standard InChI is InChI=1S/C19H23N/c1-3-15-8-10-16(11-9-15)14(2)20-19-13-12-17-6-4-5-7-18(17)19/h4-11,14,19-20H,3,12-13H2,1-2H3. The van der Waals surface area contributed by atoms with E-state index in [-0.39, 0.29) is 0 Å². The molecule has 1 heteroatoms. The summed E-state index contributed by atoms with van der Waals surface area (Å²) in [4.78, 5) is 0. The molecular formula is C19H23N. The van der Waals surface area contributed by atoms with E-state index in [1.807, 2.05) is 0 Å². The summed E-state index contributed by atoms with van der Waals surface area (Å²) in [7, 11) is 0. The van der Waals surface area contributed by atoms with Crippen LogP contribution in [0.15, 0.2) is 48.5 Å². The summed E-state index contributed by atoms with van der Waals surface area (Å²) < 4.78 is 0. The first-order valence-electron chi connectivity index (χ1n) is 7.70. The highest BCUT2D eigenvalue weighted by Gasteiger charge is 2.23. The summed E-state index contributed by atoms with van der Waals surface area (Å²) in [6.07, 6.45) is 3.53. The van der Waals surface area contributed by atoms with E-state index < -0.39 is 0 Å². The van der Waals surface area contributed by atoms with E-state index in [1.165, 1.54) is 35.1 Å². The molecule has 20 heavy (non-hydrogen) atoms. The molecule has 0 bridgehead atoms. The molecule has 2 atom stereocenters. The van der Waals surface area contributed by atoms with Crippen LogP contribution >= 0.6 is 0 Å². The SMILES string of the molecule is CCc1ccc(C(C)NC2CCc3ccccc32)cc1. The van der Waals surface area contributed by atoms with E-state index in [0.717, 1.165) is 6.42 Å². The second kappa shape index (κ2) is 5.80. The highest BCUT2D eigenvalue weighted by molar-refractivity contribution is 5.35. The largest absolute Gasteiger partial charge is 0.303 e. The van der Waals surface area contributed by atoms with Crippen LogP contribution in [-0.4, -0.2) is 0 Å². The molecular weight excluding hydrogens is 242 g/mol. The topological polar surface area (TPSA) is 12.0 Å². The third kappa shape index (κ3) is 2.64.